The zero-order chi connectivity index (χ0) is 9.68. The molecule has 13 heavy (non-hydrogen) atoms. The number of rotatable bonds is 3. The Morgan fingerprint density at radius 3 is 2.92 bits per heavy atom. The molecule has 67 valence electrons. The van der Waals surface area contributed by atoms with E-state index in [9.17, 15) is 9.59 Å². The molecule has 0 saturated heterocycles. The zero-order valence-electron chi connectivity index (χ0n) is 6.71. The Balaban J connectivity index is 2.77. The number of benzene rings is 1. The van der Waals surface area contributed by atoms with Gasteiger partial charge in [-0.25, -0.2) is 0 Å². The van der Waals surface area contributed by atoms with Gasteiger partial charge in [0.1, 0.15) is 0 Å². The normalized spacial score (nSPS) is 9.31. The van der Waals surface area contributed by atoms with Crippen molar-refractivity contribution in [2.75, 3.05) is 9.74 Å². The number of anilines is 1. The minimum atomic E-state index is -0.0800. The molecule has 0 spiro atoms. The standard InChI is InChI=1S/C9H7INO2/c10-5-9(13)11-8-3-1-2-7(4-8)6-12/h1-4H,5H2,(H,11,13). The second-order valence-electron chi connectivity index (χ2n) is 2.36. The first-order chi connectivity index (χ1) is 6.26. The molecule has 0 aliphatic carbocycles. The van der Waals surface area contributed by atoms with Gasteiger partial charge in [-0.2, -0.15) is 0 Å². The molecule has 1 N–H and O–H groups in total. The van der Waals surface area contributed by atoms with Crippen molar-refractivity contribution < 1.29 is 9.59 Å². The van der Waals surface area contributed by atoms with E-state index >= 15 is 0 Å². The highest BCUT2D eigenvalue weighted by Gasteiger charge is 1.99. The van der Waals surface area contributed by atoms with E-state index in [2.05, 4.69) is 5.32 Å². The molecule has 0 atom stereocenters. The summed E-state index contributed by atoms with van der Waals surface area (Å²) in [6.07, 6.45) is 1.76. The number of nitrogens with one attached hydrogen (secondary N) is 1. The number of carbonyl (C=O) groups excluding carboxylic acids is 2. The van der Waals surface area contributed by atoms with E-state index < -0.39 is 0 Å². The third kappa shape index (κ3) is 3.14. The van der Waals surface area contributed by atoms with E-state index in [1.165, 1.54) is 0 Å². The van der Waals surface area contributed by atoms with Gasteiger partial charge in [0.25, 0.3) is 0 Å². The molecule has 4 heteroatoms. The molecule has 0 bridgehead atoms. The van der Waals surface area contributed by atoms with Crippen LogP contribution in [0.4, 0.5) is 5.69 Å². The Labute approximate surface area is 89.7 Å². The number of hydrogen-bond donors (Lipinski definition) is 1. The maximum atomic E-state index is 11.0. The molecule has 1 rings (SSSR count). The molecule has 0 fully saturated rings. The van der Waals surface area contributed by atoms with Gasteiger partial charge in [0.05, 0.1) is 4.43 Å². The van der Waals surface area contributed by atoms with E-state index in [0.717, 1.165) is 0 Å². The number of amides is 1. The van der Waals surface area contributed by atoms with Crippen LogP contribution in [0.3, 0.4) is 0 Å². The molecule has 0 aliphatic heterocycles. The fourth-order valence-corrected chi connectivity index (χ4v) is 1.05. The smallest absolute Gasteiger partial charge is 0.234 e. The molecule has 0 unspecified atom stereocenters. The maximum absolute atomic E-state index is 11.0. The predicted molar refractivity (Wildman–Crippen MR) is 58.8 cm³/mol. The van der Waals surface area contributed by atoms with E-state index in [4.69, 9.17) is 0 Å². The van der Waals surface area contributed by atoms with Crippen LogP contribution in [0, 0.1) is 0 Å². The van der Waals surface area contributed by atoms with Gasteiger partial charge < -0.3 is 5.32 Å². The quantitative estimate of drug-likeness (QED) is 0.677. The third-order valence-electron chi connectivity index (χ3n) is 1.39. The van der Waals surface area contributed by atoms with Crippen LogP contribution in [0.15, 0.2) is 24.3 Å². The summed E-state index contributed by atoms with van der Waals surface area (Å²) < 4.78 is 0.396. The average molecular weight is 288 g/mol. The summed E-state index contributed by atoms with van der Waals surface area (Å²) in [5, 5.41) is 2.64. The summed E-state index contributed by atoms with van der Waals surface area (Å²) in [5.74, 6) is -0.0800. The minimum Gasteiger partial charge on any atom is -0.325 e. The fourth-order valence-electron chi connectivity index (χ4n) is 0.855. The SMILES string of the molecule is O=[C]c1cccc(NC(=O)CI)c1. The topological polar surface area (TPSA) is 46.2 Å². The highest BCUT2D eigenvalue weighted by Crippen LogP contribution is 2.08. The van der Waals surface area contributed by atoms with Crippen molar-refractivity contribution >= 4 is 40.5 Å². The third-order valence-corrected chi connectivity index (χ3v) is 2.08. The van der Waals surface area contributed by atoms with E-state index in [1.807, 2.05) is 22.6 Å². The number of carbonyl (C=O) groups is 1. The summed E-state index contributed by atoms with van der Waals surface area (Å²) in [4.78, 5) is 21.2. The van der Waals surface area contributed by atoms with Gasteiger partial charge in [-0.1, -0.05) is 34.7 Å². The molecule has 1 aromatic carbocycles. The van der Waals surface area contributed by atoms with Gasteiger partial charge in [0.2, 0.25) is 12.2 Å². The van der Waals surface area contributed by atoms with Crippen molar-refractivity contribution in [3.8, 4) is 0 Å². The molecule has 1 aromatic rings. The van der Waals surface area contributed by atoms with Crippen molar-refractivity contribution in [3.63, 3.8) is 0 Å². The first kappa shape index (κ1) is 10.2. The van der Waals surface area contributed by atoms with Gasteiger partial charge in [-0.15, -0.1) is 0 Å². The Morgan fingerprint density at radius 2 is 2.31 bits per heavy atom. The largest absolute Gasteiger partial charge is 0.325 e. The summed E-state index contributed by atoms with van der Waals surface area (Å²) in [5.41, 5.74) is 1.06. The fraction of sp³-hybridized carbons (Fsp3) is 0.111. The Morgan fingerprint density at radius 1 is 1.54 bits per heavy atom. The molecule has 1 radical (unpaired) electrons. The van der Waals surface area contributed by atoms with E-state index in [0.29, 0.717) is 15.7 Å². The maximum Gasteiger partial charge on any atom is 0.234 e. The second kappa shape index (κ2) is 4.96. The Kier molecular flexibility index (Phi) is 3.88. The van der Waals surface area contributed by atoms with Gasteiger partial charge in [0.15, 0.2) is 0 Å². The lowest BCUT2D eigenvalue weighted by atomic mass is 10.2. The molecular formula is C9H7INO2. The van der Waals surface area contributed by atoms with Crippen LogP contribution in [-0.2, 0) is 9.59 Å². The molecule has 1 amide bonds. The molecule has 0 aromatic heterocycles. The van der Waals surface area contributed by atoms with Crippen molar-refractivity contribution in [2.45, 2.75) is 0 Å². The summed E-state index contributed by atoms with van der Waals surface area (Å²) >= 11 is 1.97. The highest BCUT2D eigenvalue weighted by molar-refractivity contribution is 14.1. The Hall–Kier alpha value is -0.910. The first-order valence-corrected chi connectivity index (χ1v) is 5.13. The average Bonchev–Trinajstić information content (AvgIpc) is 2.18. The Bertz CT molecular complexity index is 325. The highest BCUT2D eigenvalue weighted by atomic mass is 127. The van der Waals surface area contributed by atoms with E-state index in [1.54, 1.807) is 30.6 Å². The van der Waals surface area contributed by atoms with Crippen LogP contribution >= 0.6 is 22.6 Å². The first-order valence-electron chi connectivity index (χ1n) is 3.60. The van der Waals surface area contributed by atoms with Crippen LogP contribution < -0.4 is 5.32 Å². The zero-order valence-corrected chi connectivity index (χ0v) is 8.87. The van der Waals surface area contributed by atoms with E-state index in [-0.39, 0.29) is 5.91 Å². The van der Waals surface area contributed by atoms with Crippen LogP contribution in [0.1, 0.15) is 5.56 Å². The second-order valence-corrected chi connectivity index (χ2v) is 3.13. The van der Waals surface area contributed by atoms with Crippen LogP contribution in [0.25, 0.3) is 0 Å². The predicted octanol–water partition coefficient (Wildman–Crippen LogP) is 1.52. The van der Waals surface area contributed by atoms with Gasteiger partial charge in [-0.05, 0) is 12.1 Å². The number of hydrogen-bond acceptors (Lipinski definition) is 2. The number of alkyl halides is 1. The van der Waals surface area contributed by atoms with Crippen LogP contribution in [0.5, 0.6) is 0 Å². The monoisotopic (exact) mass is 288 g/mol. The lowest BCUT2D eigenvalue weighted by molar-refractivity contribution is -0.113. The summed E-state index contributed by atoms with van der Waals surface area (Å²) in [7, 11) is 0. The van der Waals surface area contributed by atoms with Gasteiger partial charge in [0, 0.05) is 11.3 Å². The lowest BCUT2D eigenvalue weighted by Crippen LogP contribution is -2.12. The van der Waals surface area contributed by atoms with Crippen molar-refractivity contribution in [3.05, 3.63) is 29.8 Å². The number of halogens is 1. The minimum absolute atomic E-state index is 0.0800. The molecular weight excluding hydrogens is 281 g/mol. The molecule has 0 saturated carbocycles. The molecule has 0 heterocycles. The van der Waals surface area contributed by atoms with Gasteiger partial charge in [-0.3, -0.25) is 9.59 Å². The van der Waals surface area contributed by atoms with Gasteiger partial charge >= 0.3 is 0 Å². The van der Waals surface area contributed by atoms with Crippen LogP contribution in [0.2, 0.25) is 0 Å². The summed E-state index contributed by atoms with van der Waals surface area (Å²) in [6, 6.07) is 6.64. The summed E-state index contributed by atoms with van der Waals surface area (Å²) in [6.45, 7) is 0. The van der Waals surface area contributed by atoms with Crippen LogP contribution in [-0.4, -0.2) is 16.6 Å². The molecule has 3 nitrogen and oxygen atoms in total. The van der Waals surface area contributed by atoms with Crippen molar-refractivity contribution in [1.29, 1.82) is 0 Å². The molecule has 0 aliphatic rings. The lowest BCUT2D eigenvalue weighted by Gasteiger charge is -2.02. The van der Waals surface area contributed by atoms with Crippen molar-refractivity contribution in [2.24, 2.45) is 0 Å². The van der Waals surface area contributed by atoms with Crippen molar-refractivity contribution in [1.82, 2.24) is 0 Å².